The van der Waals surface area contributed by atoms with Gasteiger partial charge < -0.3 is 9.64 Å². The summed E-state index contributed by atoms with van der Waals surface area (Å²) in [6, 6.07) is 13.5. The summed E-state index contributed by atoms with van der Waals surface area (Å²) in [7, 11) is 0. The molecule has 0 aromatic heterocycles. The first-order chi connectivity index (χ1) is 13.0. The smallest absolute Gasteiger partial charge is 0.331 e. The van der Waals surface area contributed by atoms with Crippen LogP contribution in [0, 0.1) is 10.1 Å². The van der Waals surface area contributed by atoms with E-state index in [1.54, 1.807) is 11.0 Å². The van der Waals surface area contributed by atoms with Crippen LogP contribution in [0.25, 0.3) is 6.08 Å². The Morgan fingerprint density at radius 2 is 2.04 bits per heavy atom. The number of nitrogens with zero attached hydrogens (tertiary/aromatic N) is 2. The third kappa shape index (κ3) is 4.20. The average molecular weight is 366 g/mol. The van der Waals surface area contributed by atoms with Crippen LogP contribution in [-0.4, -0.2) is 29.4 Å². The second-order valence-electron chi connectivity index (χ2n) is 6.24. The summed E-state index contributed by atoms with van der Waals surface area (Å²) in [6.45, 7) is 1.58. The molecule has 7 heteroatoms. The summed E-state index contributed by atoms with van der Waals surface area (Å²) in [5.74, 6) is -0.973. The topological polar surface area (TPSA) is 89.8 Å². The summed E-state index contributed by atoms with van der Waals surface area (Å²) in [6.07, 6.45) is 3.32. The molecule has 0 aliphatic carbocycles. The van der Waals surface area contributed by atoms with Crippen molar-refractivity contribution in [1.29, 1.82) is 0 Å². The van der Waals surface area contributed by atoms with Crippen LogP contribution in [0.1, 0.15) is 18.1 Å². The van der Waals surface area contributed by atoms with Crippen LogP contribution in [-0.2, 0) is 20.7 Å². The standard InChI is InChI=1S/C20H18N2O5/c1-14-11-16-6-2-3-8-18(16)21(14)19(23)13-27-20(24)10-9-15-5-4-7-17(12-15)22(25)26/h2-10,12,14H,11,13H2,1H3/b10-9+/t14-/m1/s1. The molecule has 0 spiro atoms. The summed E-state index contributed by atoms with van der Waals surface area (Å²) in [5, 5.41) is 10.8. The number of anilines is 1. The van der Waals surface area contributed by atoms with Crippen LogP contribution in [0.3, 0.4) is 0 Å². The number of amides is 1. The monoisotopic (exact) mass is 366 g/mol. The predicted octanol–water partition coefficient (Wildman–Crippen LogP) is 3.13. The van der Waals surface area contributed by atoms with Gasteiger partial charge in [0.05, 0.1) is 4.92 Å². The Balaban J connectivity index is 1.59. The second kappa shape index (κ2) is 7.82. The van der Waals surface area contributed by atoms with E-state index in [0.29, 0.717) is 5.56 Å². The highest BCUT2D eigenvalue weighted by atomic mass is 16.6. The number of non-ortho nitro benzene ring substituents is 1. The molecule has 1 aliphatic heterocycles. The third-order valence-corrected chi connectivity index (χ3v) is 4.31. The fourth-order valence-electron chi connectivity index (χ4n) is 3.10. The van der Waals surface area contributed by atoms with E-state index >= 15 is 0 Å². The molecular formula is C20H18N2O5. The summed E-state index contributed by atoms with van der Waals surface area (Å²) in [5.41, 5.74) is 2.37. The lowest BCUT2D eigenvalue weighted by molar-refractivity contribution is -0.384. The van der Waals surface area contributed by atoms with E-state index in [0.717, 1.165) is 23.7 Å². The molecular weight excluding hydrogens is 348 g/mol. The number of carbonyl (C=O) groups is 2. The van der Waals surface area contributed by atoms with E-state index in [9.17, 15) is 19.7 Å². The number of nitro groups is 1. The molecule has 1 aliphatic rings. The molecule has 138 valence electrons. The molecule has 1 atom stereocenters. The van der Waals surface area contributed by atoms with Crippen molar-refractivity contribution in [3.8, 4) is 0 Å². The lowest BCUT2D eigenvalue weighted by atomic mass is 10.1. The van der Waals surface area contributed by atoms with Crippen molar-refractivity contribution in [1.82, 2.24) is 0 Å². The van der Waals surface area contributed by atoms with Gasteiger partial charge in [-0.3, -0.25) is 14.9 Å². The maximum atomic E-state index is 12.5. The van der Waals surface area contributed by atoms with Gasteiger partial charge in [0.25, 0.3) is 11.6 Å². The lowest BCUT2D eigenvalue weighted by Crippen LogP contribution is -2.38. The summed E-state index contributed by atoms with van der Waals surface area (Å²) in [4.78, 5) is 36.2. The highest BCUT2D eigenvalue weighted by Crippen LogP contribution is 2.31. The highest BCUT2D eigenvalue weighted by Gasteiger charge is 2.30. The number of ether oxygens (including phenoxy) is 1. The van der Waals surface area contributed by atoms with Gasteiger partial charge in [0.1, 0.15) is 0 Å². The van der Waals surface area contributed by atoms with E-state index < -0.39 is 10.9 Å². The normalized spacial score (nSPS) is 15.6. The SMILES string of the molecule is C[C@@H]1Cc2ccccc2N1C(=O)COC(=O)/C=C/c1cccc([N+](=O)[O-])c1. The Kier molecular flexibility index (Phi) is 5.30. The highest BCUT2D eigenvalue weighted by molar-refractivity contribution is 5.98. The van der Waals surface area contributed by atoms with Crippen LogP contribution >= 0.6 is 0 Å². The Morgan fingerprint density at radius 1 is 1.26 bits per heavy atom. The van der Waals surface area contributed by atoms with Gasteiger partial charge in [-0.25, -0.2) is 4.79 Å². The Bertz CT molecular complexity index is 922. The molecule has 2 aromatic carbocycles. The molecule has 1 heterocycles. The third-order valence-electron chi connectivity index (χ3n) is 4.31. The molecule has 0 radical (unpaired) electrons. The Morgan fingerprint density at radius 3 is 2.81 bits per heavy atom. The minimum atomic E-state index is -0.685. The Hall–Kier alpha value is -3.48. The predicted molar refractivity (Wildman–Crippen MR) is 100 cm³/mol. The molecule has 7 nitrogen and oxygen atoms in total. The van der Waals surface area contributed by atoms with Crippen molar-refractivity contribution in [2.45, 2.75) is 19.4 Å². The van der Waals surface area contributed by atoms with Gasteiger partial charge in [0.2, 0.25) is 0 Å². The van der Waals surface area contributed by atoms with Gasteiger partial charge in [-0.2, -0.15) is 0 Å². The molecule has 3 rings (SSSR count). The molecule has 1 amide bonds. The van der Waals surface area contributed by atoms with Crippen LogP contribution < -0.4 is 4.90 Å². The number of benzene rings is 2. The van der Waals surface area contributed by atoms with E-state index in [1.807, 2.05) is 31.2 Å². The van der Waals surface area contributed by atoms with Crippen molar-refractivity contribution in [3.05, 3.63) is 75.8 Å². The van der Waals surface area contributed by atoms with Crippen LogP contribution in [0.4, 0.5) is 11.4 Å². The zero-order chi connectivity index (χ0) is 19.4. The summed E-state index contributed by atoms with van der Waals surface area (Å²) < 4.78 is 5.03. The maximum absolute atomic E-state index is 12.5. The van der Waals surface area contributed by atoms with E-state index in [-0.39, 0.29) is 24.2 Å². The molecule has 2 aromatic rings. The fourth-order valence-corrected chi connectivity index (χ4v) is 3.10. The number of hydrogen-bond donors (Lipinski definition) is 0. The first-order valence-electron chi connectivity index (χ1n) is 8.45. The first-order valence-corrected chi connectivity index (χ1v) is 8.45. The molecule has 0 saturated heterocycles. The molecule has 0 N–H and O–H groups in total. The average Bonchev–Trinajstić information content (AvgIpc) is 3.00. The van der Waals surface area contributed by atoms with Gasteiger partial charge >= 0.3 is 5.97 Å². The van der Waals surface area contributed by atoms with Gasteiger partial charge in [-0.1, -0.05) is 30.3 Å². The zero-order valence-corrected chi connectivity index (χ0v) is 14.7. The van der Waals surface area contributed by atoms with Crippen molar-refractivity contribution in [2.75, 3.05) is 11.5 Å². The Labute approximate surface area is 156 Å². The van der Waals surface area contributed by atoms with Gasteiger partial charge in [-0.15, -0.1) is 0 Å². The molecule has 27 heavy (non-hydrogen) atoms. The number of rotatable bonds is 5. The van der Waals surface area contributed by atoms with Crippen LogP contribution in [0.15, 0.2) is 54.6 Å². The molecule has 0 unspecified atom stereocenters. The van der Waals surface area contributed by atoms with E-state index in [4.69, 9.17) is 4.74 Å². The quantitative estimate of drug-likeness (QED) is 0.351. The van der Waals surface area contributed by atoms with Gasteiger partial charge in [-0.05, 0) is 36.6 Å². The summed E-state index contributed by atoms with van der Waals surface area (Å²) >= 11 is 0. The van der Waals surface area contributed by atoms with E-state index in [1.165, 1.54) is 24.3 Å². The lowest BCUT2D eigenvalue weighted by Gasteiger charge is -2.22. The number of carbonyl (C=O) groups excluding carboxylic acids is 2. The first kappa shape index (κ1) is 18.3. The van der Waals surface area contributed by atoms with Crippen molar-refractivity contribution >= 4 is 29.3 Å². The second-order valence-corrected chi connectivity index (χ2v) is 6.24. The van der Waals surface area contributed by atoms with Crippen molar-refractivity contribution < 1.29 is 19.2 Å². The minimum Gasteiger partial charge on any atom is -0.452 e. The van der Waals surface area contributed by atoms with Gasteiger partial charge in [0, 0.05) is 29.9 Å². The zero-order valence-electron chi connectivity index (χ0n) is 14.7. The molecule has 0 fully saturated rings. The van der Waals surface area contributed by atoms with Crippen molar-refractivity contribution in [2.24, 2.45) is 0 Å². The molecule has 0 bridgehead atoms. The number of esters is 1. The van der Waals surface area contributed by atoms with Crippen LogP contribution in [0.5, 0.6) is 0 Å². The van der Waals surface area contributed by atoms with E-state index in [2.05, 4.69) is 0 Å². The minimum absolute atomic E-state index is 0.00834. The van der Waals surface area contributed by atoms with Crippen molar-refractivity contribution in [3.63, 3.8) is 0 Å². The van der Waals surface area contributed by atoms with Gasteiger partial charge in [0.15, 0.2) is 6.61 Å². The number of fused-ring (bicyclic) bond motifs is 1. The van der Waals surface area contributed by atoms with Crippen LogP contribution in [0.2, 0.25) is 0 Å². The number of hydrogen-bond acceptors (Lipinski definition) is 5. The number of nitro benzene ring substituents is 1. The number of para-hydroxylation sites is 1. The largest absolute Gasteiger partial charge is 0.452 e. The maximum Gasteiger partial charge on any atom is 0.331 e. The fraction of sp³-hybridized carbons (Fsp3) is 0.200. The molecule has 0 saturated carbocycles.